The number of methoxy groups -OCH3 is 1. The molecule has 0 fully saturated rings. The lowest BCUT2D eigenvalue weighted by molar-refractivity contribution is 0.161. The third kappa shape index (κ3) is 4.14. The van der Waals surface area contributed by atoms with Crippen molar-refractivity contribution >= 4 is 11.2 Å². The van der Waals surface area contributed by atoms with E-state index >= 15 is 0 Å². The summed E-state index contributed by atoms with van der Waals surface area (Å²) in [6, 6.07) is 5.92. The molecule has 1 unspecified atom stereocenters. The fraction of sp³-hybridized carbons (Fsp3) is 0.333. The molecule has 6 rings (SSSR count). The molecule has 11 nitrogen and oxygen atoms in total. The Kier molecular flexibility index (Phi) is 5.45. The molecule has 1 atom stereocenters. The van der Waals surface area contributed by atoms with E-state index in [9.17, 15) is 4.79 Å². The van der Waals surface area contributed by atoms with Crippen LogP contribution in [-0.4, -0.2) is 56.1 Å². The summed E-state index contributed by atoms with van der Waals surface area (Å²) in [5.74, 6) is 1.64. The highest BCUT2D eigenvalue weighted by molar-refractivity contribution is 5.73. The van der Waals surface area contributed by atoms with Crippen LogP contribution < -0.4 is 25.1 Å². The Morgan fingerprint density at radius 1 is 1.09 bits per heavy atom. The lowest BCUT2D eigenvalue weighted by Crippen LogP contribution is -2.35. The molecular weight excluding hydrogens is 450 g/mol. The minimum Gasteiger partial charge on any atom is -0.495 e. The fourth-order valence-corrected chi connectivity index (χ4v) is 4.48. The summed E-state index contributed by atoms with van der Waals surface area (Å²) in [4.78, 5) is 25.9. The summed E-state index contributed by atoms with van der Waals surface area (Å²) >= 11 is 0. The summed E-state index contributed by atoms with van der Waals surface area (Å²) in [5.41, 5.74) is 4.44. The molecule has 5 heterocycles. The van der Waals surface area contributed by atoms with E-state index in [0.29, 0.717) is 54.0 Å². The molecule has 11 heteroatoms. The van der Waals surface area contributed by atoms with Gasteiger partial charge in [-0.1, -0.05) is 0 Å². The van der Waals surface area contributed by atoms with Crippen molar-refractivity contribution in [3.8, 4) is 23.1 Å². The summed E-state index contributed by atoms with van der Waals surface area (Å²) in [7, 11) is 1.56. The molecule has 0 saturated carbocycles. The van der Waals surface area contributed by atoms with Crippen LogP contribution in [0.3, 0.4) is 0 Å². The molecule has 0 spiro atoms. The highest BCUT2D eigenvalue weighted by Gasteiger charge is 2.22. The van der Waals surface area contributed by atoms with E-state index in [-0.39, 0.29) is 11.6 Å². The first-order chi connectivity index (χ1) is 17.2. The zero-order valence-electron chi connectivity index (χ0n) is 19.1. The van der Waals surface area contributed by atoms with Crippen LogP contribution in [0.1, 0.15) is 23.4 Å². The van der Waals surface area contributed by atoms with Gasteiger partial charge < -0.3 is 19.5 Å². The Hall–Kier alpha value is -4.12. The van der Waals surface area contributed by atoms with E-state index in [0.717, 1.165) is 36.2 Å². The molecule has 0 radical (unpaired) electrons. The first-order valence-corrected chi connectivity index (χ1v) is 11.4. The summed E-state index contributed by atoms with van der Waals surface area (Å²) in [5, 5.41) is 11.9. The van der Waals surface area contributed by atoms with Gasteiger partial charge in [-0.3, -0.25) is 14.3 Å². The Bertz CT molecular complexity index is 1470. The van der Waals surface area contributed by atoms with Gasteiger partial charge >= 0.3 is 0 Å². The minimum atomic E-state index is -0.245. The van der Waals surface area contributed by atoms with Crippen LogP contribution in [-0.2, 0) is 19.4 Å². The SMILES string of the molecule is COc1cnc2ncc(=O)n(-c3cnc4c(c3)CCC(NCc3cc5c(nn3)OCCO5)C4)c2c1. The van der Waals surface area contributed by atoms with Gasteiger partial charge in [0.1, 0.15) is 19.0 Å². The van der Waals surface area contributed by atoms with E-state index in [2.05, 4.69) is 25.5 Å². The molecule has 1 aliphatic heterocycles. The first-order valence-electron chi connectivity index (χ1n) is 11.4. The number of aromatic nitrogens is 6. The molecule has 2 aliphatic rings. The van der Waals surface area contributed by atoms with E-state index in [1.807, 2.05) is 12.1 Å². The number of nitrogens with one attached hydrogen (secondary N) is 1. The van der Waals surface area contributed by atoms with Crippen molar-refractivity contribution in [1.82, 2.24) is 35.0 Å². The van der Waals surface area contributed by atoms with Crippen LogP contribution in [0.2, 0.25) is 0 Å². The van der Waals surface area contributed by atoms with Gasteiger partial charge in [0.2, 0.25) is 0 Å². The van der Waals surface area contributed by atoms with Gasteiger partial charge in [0.25, 0.3) is 11.4 Å². The Morgan fingerprint density at radius 3 is 2.89 bits per heavy atom. The van der Waals surface area contributed by atoms with Gasteiger partial charge in [-0.15, -0.1) is 5.10 Å². The molecular formula is C24H23N7O4. The number of fused-ring (bicyclic) bond motifs is 3. The predicted molar refractivity (Wildman–Crippen MR) is 125 cm³/mol. The number of nitrogens with zero attached hydrogens (tertiary/aromatic N) is 6. The quantitative estimate of drug-likeness (QED) is 0.454. The highest BCUT2D eigenvalue weighted by atomic mass is 16.6. The van der Waals surface area contributed by atoms with Gasteiger partial charge in [-0.25, -0.2) is 9.97 Å². The summed E-state index contributed by atoms with van der Waals surface area (Å²) < 4.78 is 17.9. The average molecular weight is 473 g/mol. The smallest absolute Gasteiger partial charge is 0.276 e. The standard InChI is InChI=1S/C24H23N7O4/c1-33-18-9-20-23(27-12-18)28-13-22(32)31(20)17-6-14-2-3-15(7-19(14)26-11-17)25-10-16-8-21-24(30-29-16)35-5-4-34-21/h6,8-9,11-13,15,25H,2-5,7,10H2,1H3. The van der Waals surface area contributed by atoms with Crippen LogP contribution >= 0.6 is 0 Å². The minimum absolute atomic E-state index is 0.245. The largest absolute Gasteiger partial charge is 0.495 e. The summed E-state index contributed by atoms with van der Waals surface area (Å²) in [6.07, 6.45) is 7.17. The number of ether oxygens (including phenoxy) is 3. The third-order valence-corrected chi connectivity index (χ3v) is 6.25. The Morgan fingerprint density at radius 2 is 1.97 bits per heavy atom. The van der Waals surface area contributed by atoms with Crippen LogP contribution in [0.25, 0.3) is 16.9 Å². The molecule has 0 saturated heterocycles. The average Bonchev–Trinajstić information content (AvgIpc) is 2.91. The Labute approximate surface area is 200 Å². The van der Waals surface area contributed by atoms with Crippen molar-refractivity contribution in [2.75, 3.05) is 20.3 Å². The van der Waals surface area contributed by atoms with E-state index < -0.39 is 0 Å². The topological polar surface area (TPSA) is 126 Å². The van der Waals surface area contributed by atoms with Crippen molar-refractivity contribution in [3.63, 3.8) is 0 Å². The van der Waals surface area contributed by atoms with Crippen LogP contribution in [0.5, 0.6) is 17.4 Å². The number of hydrogen-bond donors (Lipinski definition) is 1. The third-order valence-electron chi connectivity index (χ3n) is 6.25. The molecule has 4 aromatic heterocycles. The second-order valence-corrected chi connectivity index (χ2v) is 8.47. The molecule has 0 bridgehead atoms. The van der Waals surface area contributed by atoms with Gasteiger partial charge in [-0.05, 0) is 24.5 Å². The fourth-order valence-electron chi connectivity index (χ4n) is 4.48. The van der Waals surface area contributed by atoms with Gasteiger partial charge in [0.05, 0.1) is 42.6 Å². The number of rotatable bonds is 5. The van der Waals surface area contributed by atoms with E-state index in [4.69, 9.17) is 19.2 Å². The predicted octanol–water partition coefficient (Wildman–Crippen LogP) is 1.39. The molecule has 4 aromatic rings. The van der Waals surface area contributed by atoms with Crippen LogP contribution in [0.4, 0.5) is 0 Å². The maximum absolute atomic E-state index is 12.7. The van der Waals surface area contributed by atoms with Crippen molar-refractivity contribution in [1.29, 1.82) is 0 Å². The van der Waals surface area contributed by atoms with E-state index in [1.165, 1.54) is 6.20 Å². The van der Waals surface area contributed by atoms with Gasteiger partial charge in [0.15, 0.2) is 11.4 Å². The molecule has 1 aliphatic carbocycles. The molecule has 35 heavy (non-hydrogen) atoms. The van der Waals surface area contributed by atoms with Crippen molar-refractivity contribution < 1.29 is 14.2 Å². The van der Waals surface area contributed by atoms with Crippen molar-refractivity contribution in [2.24, 2.45) is 0 Å². The monoisotopic (exact) mass is 473 g/mol. The zero-order valence-corrected chi connectivity index (χ0v) is 19.1. The van der Waals surface area contributed by atoms with Crippen LogP contribution in [0, 0.1) is 0 Å². The number of pyridine rings is 2. The maximum atomic E-state index is 12.7. The molecule has 178 valence electrons. The number of aryl methyl sites for hydroxylation is 1. The molecule has 0 amide bonds. The first kappa shape index (κ1) is 21.4. The highest BCUT2D eigenvalue weighted by Crippen LogP contribution is 2.27. The normalized spacial score (nSPS) is 16.7. The van der Waals surface area contributed by atoms with Gasteiger partial charge in [0, 0.05) is 36.8 Å². The van der Waals surface area contributed by atoms with Crippen molar-refractivity contribution in [2.45, 2.75) is 31.8 Å². The number of hydrogen-bond acceptors (Lipinski definition) is 10. The second kappa shape index (κ2) is 8.91. The zero-order chi connectivity index (χ0) is 23.8. The summed E-state index contributed by atoms with van der Waals surface area (Å²) in [6.45, 7) is 1.59. The van der Waals surface area contributed by atoms with Crippen LogP contribution in [0.15, 0.2) is 41.6 Å². The Balaban J connectivity index is 1.21. The van der Waals surface area contributed by atoms with Gasteiger partial charge in [-0.2, -0.15) is 5.10 Å². The van der Waals surface area contributed by atoms with Crippen molar-refractivity contribution in [3.05, 3.63) is 64.1 Å². The van der Waals surface area contributed by atoms with E-state index in [1.54, 1.807) is 30.1 Å². The molecule has 1 N–H and O–H groups in total. The molecule has 0 aromatic carbocycles. The lowest BCUT2D eigenvalue weighted by Gasteiger charge is -2.25. The lowest BCUT2D eigenvalue weighted by atomic mass is 9.91. The second-order valence-electron chi connectivity index (χ2n) is 8.47. The maximum Gasteiger partial charge on any atom is 0.276 e.